The summed E-state index contributed by atoms with van der Waals surface area (Å²) in [5.74, 6) is 0.0356. The average molecular weight is 326 g/mol. The summed E-state index contributed by atoms with van der Waals surface area (Å²) in [5, 5.41) is 11.6. The molecule has 2 rings (SSSR count). The molecule has 114 valence electrons. The van der Waals surface area contributed by atoms with E-state index in [0.29, 0.717) is 13.0 Å². The highest BCUT2D eigenvalue weighted by Crippen LogP contribution is 2.18. The molecule has 0 radical (unpaired) electrons. The smallest absolute Gasteiger partial charge is 0.240 e. The first-order chi connectivity index (χ1) is 10.0. The van der Waals surface area contributed by atoms with Crippen LogP contribution in [0.25, 0.3) is 0 Å². The van der Waals surface area contributed by atoms with Gasteiger partial charge in [-0.3, -0.25) is 0 Å². The number of benzene rings is 1. The fraction of sp³-hybridized carbons (Fsp3) is 0.357. The van der Waals surface area contributed by atoms with Crippen molar-refractivity contribution in [2.75, 3.05) is 13.2 Å². The van der Waals surface area contributed by atoms with Crippen molar-refractivity contribution in [3.8, 4) is 0 Å². The van der Waals surface area contributed by atoms with Gasteiger partial charge in [0.1, 0.15) is 0 Å². The van der Waals surface area contributed by atoms with Crippen molar-refractivity contribution in [3.63, 3.8) is 0 Å². The molecular weight excluding hydrogens is 308 g/mol. The maximum absolute atomic E-state index is 12.2. The van der Waals surface area contributed by atoms with E-state index in [2.05, 4.69) is 9.71 Å². The van der Waals surface area contributed by atoms with Gasteiger partial charge in [0.25, 0.3) is 0 Å². The van der Waals surface area contributed by atoms with Gasteiger partial charge in [0.15, 0.2) is 0 Å². The molecule has 5 nitrogen and oxygen atoms in total. The molecule has 1 heterocycles. The predicted molar refractivity (Wildman–Crippen MR) is 82.9 cm³/mol. The fourth-order valence-corrected chi connectivity index (χ4v) is 3.68. The molecular formula is C14H18N2O3S2. The summed E-state index contributed by atoms with van der Waals surface area (Å²) in [5.41, 5.74) is 0.910. The van der Waals surface area contributed by atoms with Crippen LogP contribution in [-0.4, -0.2) is 31.7 Å². The molecule has 0 saturated heterocycles. The highest BCUT2D eigenvalue weighted by atomic mass is 32.2. The van der Waals surface area contributed by atoms with Crippen LogP contribution in [0.4, 0.5) is 0 Å². The summed E-state index contributed by atoms with van der Waals surface area (Å²) >= 11 is 1.52. The molecule has 2 N–H and O–H groups in total. The van der Waals surface area contributed by atoms with Crippen molar-refractivity contribution in [2.24, 2.45) is 0 Å². The van der Waals surface area contributed by atoms with E-state index in [1.807, 2.05) is 12.3 Å². The Morgan fingerprint density at radius 1 is 1.33 bits per heavy atom. The van der Waals surface area contributed by atoms with Gasteiger partial charge in [0.2, 0.25) is 10.0 Å². The Hall–Kier alpha value is -1.28. The van der Waals surface area contributed by atoms with E-state index in [9.17, 15) is 8.42 Å². The Morgan fingerprint density at radius 2 is 2.05 bits per heavy atom. The lowest BCUT2D eigenvalue weighted by Gasteiger charge is -2.11. The quantitative estimate of drug-likeness (QED) is 0.812. The molecule has 1 aromatic carbocycles. The highest BCUT2D eigenvalue weighted by Gasteiger charge is 2.16. The van der Waals surface area contributed by atoms with Crippen molar-refractivity contribution in [2.45, 2.75) is 24.2 Å². The first kappa shape index (κ1) is 16.1. The van der Waals surface area contributed by atoms with Crippen molar-refractivity contribution in [3.05, 3.63) is 46.4 Å². The van der Waals surface area contributed by atoms with Crippen LogP contribution in [0.5, 0.6) is 0 Å². The number of rotatable bonds is 7. The second-order valence-electron chi connectivity index (χ2n) is 4.74. The summed E-state index contributed by atoms with van der Waals surface area (Å²) in [6, 6.07) is 6.55. The number of aromatic nitrogens is 1. The van der Waals surface area contributed by atoms with Crippen LogP contribution in [0.3, 0.4) is 0 Å². The van der Waals surface area contributed by atoms with Crippen LogP contribution in [0.1, 0.15) is 23.4 Å². The molecule has 1 aromatic heterocycles. The lowest BCUT2D eigenvalue weighted by atomic mass is 10.2. The number of thiazole rings is 1. The van der Waals surface area contributed by atoms with Gasteiger partial charge < -0.3 is 5.11 Å². The standard InChI is InChI=1S/C14H18N2O3S2/c1-11(14-15-7-9-20-14)10-16-21(18,19)13-4-2-12(3-5-13)6-8-17/h2-5,7,9,11,16-17H,6,8,10H2,1H3. The largest absolute Gasteiger partial charge is 0.396 e. The summed E-state index contributed by atoms with van der Waals surface area (Å²) < 4.78 is 27.0. The molecule has 0 amide bonds. The van der Waals surface area contributed by atoms with E-state index in [4.69, 9.17) is 5.11 Å². The molecule has 0 bridgehead atoms. The van der Waals surface area contributed by atoms with Crippen molar-refractivity contribution in [1.29, 1.82) is 0 Å². The van der Waals surface area contributed by atoms with Crippen LogP contribution in [0.15, 0.2) is 40.7 Å². The zero-order valence-corrected chi connectivity index (χ0v) is 13.3. The van der Waals surface area contributed by atoms with Crippen LogP contribution in [-0.2, 0) is 16.4 Å². The van der Waals surface area contributed by atoms with Crippen LogP contribution in [0.2, 0.25) is 0 Å². The SMILES string of the molecule is CC(CNS(=O)(=O)c1ccc(CCO)cc1)c1nccs1. The van der Waals surface area contributed by atoms with Crippen molar-refractivity contribution < 1.29 is 13.5 Å². The molecule has 7 heteroatoms. The molecule has 0 fully saturated rings. The second kappa shape index (κ2) is 7.13. The summed E-state index contributed by atoms with van der Waals surface area (Å²) in [6.45, 7) is 2.30. The lowest BCUT2D eigenvalue weighted by Crippen LogP contribution is -2.27. The first-order valence-corrected chi connectivity index (χ1v) is 8.98. The van der Waals surface area contributed by atoms with Gasteiger partial charge in [0.05, 0.1) is 9.90 Å². The molecule has 21 heavy (non-hydrogen) atoms. The van der Waals surface area contributed by atoms with Gasteiger partial charge in [-0.1, -0.05) is 19.1 Å². The van der Waals surface area contributed by atoms with E-state index < -0.39 is 10.0 Å². The number of hydrogen-bond acceptors (Lipinski definition) is 5. The highest BCUT2D eigenvalue weighted by molar-refractivity contribution is 7.89. The van der Waals surface area contributed by atoms with Gasteiger partial charge in [-0.15, -0.1) is 11.3 Å². The summed E-state index contributed by atoms with van der Waals surface area (Å²) in [7, 11) is -3.51. The minimum Gasteiger partial charge on any atom is -0.396 e. The van der Waals surface area contributed by atoms with Crippen LogP contribution >= 0.6 is 11.3 Å². The average Bonchev–Trinajstić information content (AvgIpc) is 3.00. The fourth-order valence-electron chi connectivity index (χ4n) is 1.85. The van der Waals surface area contributed by atoms with E-state index >= 15 is 0 Å². The molecule has 2 aromatic rings. The molecule has 0 aliphatic carbocycles. The van der Waals surface area contributed by atoms with E-state index in [0.717, 1.165) is 10.6 Å². The van der Waals surface area contributed by atoms with Gasteiger partial charge in [-0.05, 0) is 24.1 Å². The first-order valence-electron chi connectivity index (χ1n) is 6.62. The summed E-state index contributed by atoms with van der Waals surface area (Å²) in [4.78, 5) is 4.41. The zero-order chi connectivity index (χ0) is 15.3. The summed E-state index contributed by atoms with van der Waals surface area (Å²) in [6.07, 6.45) is 2.24. The Morgan fingerprint density at radius 3 is 2.62 bits per heavy atom. The lowest BCUT2D eigenvalue weighted by molar-refractivity contribution is 0.299. The predicted octanol–water partition coefficient (Wildman–Crippen LogP) is 1.76. The normalized spacial score (nSPS) is 13.2. The monoisotopic (exact) mass is 326 g/mol. The maximum atomic E-state index is 12.2. The van der Waals surface area contributed by atoms with E-state index in [-0.39, 0.29) is 17.4 Å². The number of aliphatic hydroxyl groups is 1. The maximum Gasteiger partial charge on any atom is 0.240 e. The Kier molecular flexibility index (Phi) is 5.46. The van der Waals surface area contributed by atoms with E-state index in [1.165, 1.54) is 11.3 Å². The van der Waals surface area contributed by atoms with E-state index in [1.54, 1.807) is 30.5 Å². The molecule has 1 unspecified atom stereocenters. The molecule has 0 spiro atoms. The second-order valence-corrected chi connectivity index (χ2v) is 7.43. The Balaban J connectivity index is 2.01. The van der Waals surface area contributed by atoms with Gasteiger partial charge in [0, 0.05) is 30.6 Å². The molecule has 0 saturated carbocycles. The minimum absolute atomic E-state index is 0.0356. The third-order valence-corrected chi connectivity index (χ3v) is 5.53. The Bertz CT molecular complexity index is 652. The number of nitrogens with zero attached hydrogens (tertiary/aromatic N) is 1. The van der Waals surface area contributed by atoms with Crippen LogP contribution < -0.4 is 4.72 Å². The van der Waals surface area contributed by atoms with Crippen molar-refractivity contribution in [1.82, 2.24) is 9.71 Å². The topological polar surface area (TPSA) is 79.3 Å². The van der Waals surface area contributed by atoms with Crippen molar-refractivity contribution >= 4 is 21.4 Å². The number of nitrogens with one attached hydrogen (secondary N) is 1. The number of hydrogen-bond donors (Lipinski definition) is 2. The molecule has 0 aliphatic heterocycles. The van der Waals surface area contributed by atoms with Crippen LogP contribution in [0, 0.1) is 0 Å². The Labute approximate surface area is 128 Å². The minimum atomic E-state index is -3.51. The molecule has 0 aliphatic rings. The zero-order valence-electron chi connectivity index (χ0n) is 11.7. The molecule has 1 atom stereocenters. The van der Waals surface area contributed by atoms with Gasteiger partial charge >= 0.3 is 0 Å². The third-order valence-electron chi connectivity index (χ3n) is 3.09. The van der Waals surface area contributed by atoms with Gasteiger partial charge in [-0.25, -0.2) is 18.1 Å². The van der Waals surface area contributed by atoms with Gasteiger partial charge in [-0.2, -0.15) is 0 Å². The number of aliphatic hydroxyl groups excluding tert-OH is 1. The number of sulfonamides is 1. The third kappa shape index (κ3) is 4.34.